The number of nitrogens with zero attached hydrogens (tertiary/aromatic N) is 1. The molecule has 0 radical (unpaired) electrons. The molecule has 7 heteroatoms. The number of hydrogen-bond donors (Lipinski definition) is 2. The first-order chi connectivity index (χ1) is 15.0. The van der Waals surface area contributed by atoms with Crippen molar-refractivity contribution in [3.8, 4) is 11.5 Å². The summed E-state index contributed by atoms with van der Waals surface area (Å²) in [5.41, 5.74) is 9.65. The smallest absolute Gasteiger partial charge is 0.341 e. The minimum Gasteiger partial charge on any atom is -0.496 e. The molecule has 1 atom stereocenters. The Bertz CT molecular complexity index is 1130. The van der Waals surface area contributed by atoms with E-state index in [0.717, 1.165) is 52.7 Å². The highest BCUT2D eigenvalue weighted by atomic mass is 16.5. The molecule has 4 rings (SSSR count). The number of methoxy groups -OCH3 is 1. The number of carboxylic acids is 1. The molecular formula is C24H26N2O5. The Morgan fingerprint density at radius 3 is 2.65 bits per heavy atom. The van der Waals surface area contributed by atoms with E-state index >= 15 is 0 Å². The number of benzene rings is 2. The second-order valence-electron chi connectivity index (χ2n) is 7.79. The Kier molecular flexibility index (Phi) is 5.84. The lowest BCUT2D eigenvalue weighted by Crippen LogP contribution is -2.21. The van der Waals surface area contributed by atoms with E-state index in [-0.39, 0.29) is 5.91 Å². The molecule has 1 heterocycles. The van der Waals surface area contributed by atoms with Crippen molar-refractivity contribution in [2.24, 2.45) is 5.73 Å². The molecule has 0 bridgehead atoms. The Labute approximate surface area is 180 Å². The van der Waals surface area contributed by atoms with Crippen LogP contribution in [-0.4, -0.2) is 35.3 Å². The van der Waals surface area contributed by atoms with Gasteiger partial charge in [0.25, 0.3) is 0 Å². The molecule has 0 spiro atoms. The van der Waals surface area contributed by atoms with Crippen LogP contribution in [0.5, 0.6) is 11.5 Å². The van der Waals surface area contributed by atoms with Gasteiger partial charge in [-0.05, 0) is 43.0 Å². The van der Waals surface area contributed by atoms with Crippen molar-refractivity contribution in [2.75, 3.05) is 13.7 Å². The number of ether oxygens (including phenoxy) is 2. The van der Waals surface area contributed by atoms with Crippen LogP contribution in [0.25, 0.3) is 10.9 Å². The third kappa shape index (κ3) is 3.95. The zero-order valence-corrected chi connectivity index (χ0v) is 17.5. The summed E-state index contributed by atoms with van der Waals surface area (Å²) < 4.78 is 13.4. The number of fused-ring (bicyclic) bond motifs is 3. The molecule has 162 valence electrons. The normalized spacial score (nSPS) is 15.8. The topological polar surface area (TPSA) is 104 Å². The molecule has 0 saturated carbocycles. The predicted molar refractivity (Wildman–Crippen MR) is 117 cm³/mol. The maximum Gasteiger partial charge on any atom is 0.341 e. The summed E-state index contributed by atoms with van der Waals surface area (Å²) in [7, 11) is 1.65. The molecule has 31 heavy (non-hydrogen) atoms. The van der Waals surface area contributed by atoms with Crippen LogP contribution in [0.3, 0.4) is 0 Å². The van der Waals surface area contributed by atoms with E-state index in [1.54, 1.807) is 13.2 Å². The molecule has 7 nitrogen and oxygen atoms in total. The Hall–Kier alpha value is -3.48. The van der Waals surface area contributed by atoms with Gasteiger partial charge in [-0.1, -0.05) is 30.7 Å². The van der Waals surface area contributed by atoms with Gasteiger partial charge in [-0.15, -0.1) is 0 Å². The van der Waals surface area contributed by atoms with Crippen molar-refractivity contribution >= 4 is 22.8 Å². The highest BCUT2D eigenvalue weighted by molar-refractivity contribution is 5.97. The van der Waals surface area contributed by atoms with Gasteiger partial charge in [0.1, 0.15) is 11.5 Å². The number of carbonyl (C=O) groups excluding carboxylic acids is 1. The third-order valence-corrected chi connectivity index (χ3v) is 5.92. The van der Waals surface area contributed by atoms with Crippen LogP contribution < -0.4 is 15.2 Å². The average Bonchev–Trinajstić information content (AvgIpc) is 2.91. The van der Waals surface area contributed by atoms with E-state index in [2.05, 4.69) is 4.57 Å². The third-order valence-electron chi connectivity index (χ3n) is 5.92. The molecule has 1 aromatic heterocycles. The highest BCUT2D eigenvalue weighted by Crippen LogP contribution is 2.42. The standard InChI is InChI=1S/C24H26N2O5/c1-30-19-11-5-2-7-15(19)13-26-17-9-4-3-8-16(24(25)29)22(17)23-18(26)10-6-12-20(23)31-14-21(27)28/h2,5-7,10-12,16H,3-4,8-9,13-14H2,1H3,(H2,25,29)(H,27,28). The highest BCUT2D eigenvalue weighted by Gasteiger charge is 2.31. The van der Waals surface area contributed by atoms with Crippen molar-refractivity contribution in [2.45, 2.75) is 38.1 Å². The summed E-state index contributed by atoms with van der Waals surface area (Å²) in [5, 5.41) is 9.89. The maximum absolute atomic E-state index is 12.4. The molecule has 1 unspecified atom stereocenters. The van der Waals surface area contributed by atoms with Crippen molar-refractivity contribution in [3.05, 3.63) is 59.3 Å². The molecule has 1 aliphatic carbocycles. The zero-order chi connectivity index (χ0) is 22.0. The minimum absolute atomic E-state index is 0.368. The number of para-hydroxylation sites is 1. The lowest BCUT2D eigenvalue weighted by Gasteiger charge is -2.15. The molecule has 1 amide bonds. The first kappa shape index (κ1) is 20.8. The lowest BCUT2D eigenvalue weighted by molar-refractivity contribution is -0.139. The van der Waals surface area contributed by atoms with E-state index in [0.29, 0.717) is 18.7 Å². The number of aromatic nitrogens is 1. The lowest BCUT2D eigenvalue weighted by atomic mass is 9.92. The van der Waals surface area contributed by atoms with Gasteiger partial charge in [0, 0.05) is 16.6 Å². The number of carbonyl (C=O) groups is 2. The second-order valence-corrected chi connectivity index (χ2v) is 7.79. The van der Waals surface area contributed by atoms with E-state index < -0.39 is 18.5 Å². The molecule has 0 aliphatic heterocycles. The number of rotatable bonds is 7. The fourth-order valence-corrected chi connectivity index (χ4v) is 4.61. The molecule has 0 saturated heterocycles. The van der Waals surface area contributed by atoms with Crippen LogP contribution in [0.1, 0.15) is 42.0 Å². The summed E-state index contributed by atoms with van der Waals surface area (Å²) in [5.74, 6) is -0.608. The first-order valence-corrected chi connectivity index (χ1v) is 10.4. The van der Waals surface area contributed by atoms with Crippen LogP contribution >= 0.6 is 0 Å². The summed E-state index contributed by atoms with van der Waals surface area (Å²) >= 11 is 0. The molecule has 3 aromatic rings. The fourth-order valence-electron chi connectivity index (χ4n) is 4.61. The molecule has 3 N–H and O–H groups in total. The van der Waals surface area contributed by atoms with Crippen LogP contribution in [0.4, 0.5) is 0 Å². The number of carboxylic acid groups (broad SMARTS) is 1. The van der Waals surface area contributed by atoms with Gasteiger partial charge < -0.3 is 24.9 Å². The van der Waals surface area contributed by atoms with E-state index in [1.165, 1.54) is 0 Å². The summed E-state index contributed by atoms with van der Waals surface area (Å²) in [4.78, 5) is 23.5. The summed E-state index contributed by atoms with van der Waals surface area (Å²) in [6, 6.07) is 13.4. The molecule has 1 aliphatic rings. The molecule has 2 aromatic carbocycles. The quantitative estimate of drug-likeness (QED) is 0.568. The van der Waals surface area contributed by atoms with Gasteiger partial charge in [-0.3, -0.25) is 4.79 Å². The van der Waals surface area contributed by atoms with Crippen molar-refractivity contribution in [1.29, 1.82) is 0 Å². The largest absolute Gasteiger partial charge is 0.496 e. The van der Waals surface area contributed by atoms with Gasteiger partial charge in [0.05, 0.1) is 25.1 Å². The van der Waals surface area contributed by atoms with Gasteiger partial charge in [-0.25, -0.2) is 4.79 Å². The van der Waals surface area contributed by atoms with Crippen LogP contribution in [0, 0.1) is 0 Å². The van der Waals surface area contributed by atoms with E-state index in [9.17, 15) is 9.59 Å². The number of nitrogens with two attached hydrogens (primary N) is 1. The van der Waals surface area contributed by atoms with Gasteiger partial charge in [-0.2, -0.15) is 0 Å². The number of hydrogen-bond acceptors (Lipinski definition) is 4. The van der Waals surface area contributed by atoms with Gasteiger partial charge in [0.2, 0.25) is 5.91 Å². The molecular weight excluding hydrogens is 396 g/mol. The van der Waals surface area contributed by atoms with Crippen LogP contribution in [0.2, 0.25) is 0 Å². The van der Waals surface area contributed by atoms with Gasteiger partial charge in [0.15, 0.2) is 6.61 Å². The predicted octanol–water partition coefficient (Wildman–Crippen LogP) is 3.46. The summed E-state index contributed by atoms with van der Waals surface area (Å²) in [6.07, 6.45) is 3.33. The van der Waals surface area contributed by atoms with E-state index in [4.69, 9.17) is 20.3 Å². The second kappa shape index (κ2) is 8.71. The van der Waals surface area contributed by atoms with Crippen molar-refractivity contribution in [3.63, 3.8) is 0 Å². The van der Waals surface area contributed by atoms with E-state index in [1.807, 2.05) is 36.4 Å². The first-order valence-electron chi connectivity index (χ1n) is 10.4. The van der Waals surface area contributed by atoms with Crippen LogP contribution in [-0.2, 0) is 22.6 Å². The van der Waals surface area contributed by atoms with Crippen molar-refractivity contribution in [1.82, 2.24) is 4.57 Å². The fraction of sp³-hybridized carbons (Fsp3) is 0.333. The van der Waals surface area contributed by atoms with Crippen molar-refractivity contribution < 1.29 is 24.2 Å². The molecule has 0 fully saturated rings. The van der Waals surface area contributed by atoms with Gasteiger partial charge >= 0.3 is 5.97 Å². The number of primary amides is 1. The number of amides is 1. The SMILES string of the molecule is COc1ccccc1Cn1c2c(c3c(OCC(=O)O)cccc31)C(C(N)=O)CCCC2. The maximum atomic E-state index is 12.4. The Morgan fingerprint density at radius 1 is 1.13 bits per heavy atom. The average molecular weight is 422 g/mol. The number of aliphatic carboxylic acids is 1. The summed E-state index contributed by atoms with van der Waals surface area (Å²) in [6.45, 7) is 0.108. The van der Waals surface area contributed by atoms with Crippen LogP contribution in [0.15, 0.2) is 42.5 Å². The monoisotopic (exact) mass is 422 g/mol. The Morgan fingerprint density at radius 2 is 1.90 bits per heavy atom. The Balaban J connectivity index is 1.95. The minimum atomic E-state index is -1.05. The zero-order valence-electron chi connectivity index (χ0n) is 17.5.